The summed E-state index contributed by atoms with van der Waals surface area (Å²) in [7, 11) is 0. The SMILES string of the molecule is CC1=Nc2ccccc2C1=Cc1c(N)n2c(-c3ccc(F)cc3)csc2nc1=O. The summed E-state index contributed by atoms with van der Waals surface area (Å²) in [6.07, 6.45) is 1.76. The molecule has 4 aromatic rings. The Morgan fingerprint density at radius 2 is 1.90 bits per heavy atom. The normalized spacial score (nSPS) is 14.4. The van der Waals surface area contributed by atoms with Crippen molar-refractivity contribution < 1.29 is 4.39 Å². The van der Waals surface area contributed by atoms with Crippen LogP contribution in [0.15, 0.2) is 63.7 Å². The number of nitrogen functional groups attached to an aromatic ring is 1. The molecule has 0 amide bonds. The van der Waals surface area contributed by atoms with E-state index in [0.717, 1.165) is 33.8 Å². The lowest BCUT2D eigenvalue weighted by Crippen LogP contribution is -2.16. The second kappa shape index (κ2) is 6.49. The number of anilines is 1. The highest BCUT2D eigenvalue weighted by molar-refractivity contribution is 7.15. The van der Waals surface area contributed by atoms with E-state index in [1.807, 2.05) is 36.6 Å². The molecule has 142 valence electrons. The molecule has 0 bridgehead atoms. The van der Waals surface area contributed by atoms with Crippen LogP contribution in [0.4, 0.5) is 15.9 Å². The molecule has 1 aliphatic heterocycles. The Hall–Kier alpha value is -3.58. The quantitative estimate of drug-likeness (QED) is 0.524. The highest BCUT2D eigenvalue weighted by atomic mass is 32.1. The lowest BCUT2D eigenvalue weighted by molar-refractivity contribution is 0.628. The molecule has 0 saturated carbocycles. The second-order valence-electron chi connectivity index (χ2n) is 6.73. The molecule has 1 aliphatic rings. The first kappa shape index (κ1) is 17.5. The summed E-state index contributed by atoms with van der Waals surface area (Å²) >= 11 is 1.32. The highest BCUT2D eigenvalue weighted by Gasteiger charge is 2.20. The average Bonchev–Trinajstić information content (AvgIpc) is 3.26. The van der Waals surface area contributed by atoms with Gasteiger partial charge in [0.1, 0.15) is 11.6 Å². The van der Waals surface area contributed by atoms with Crippen LogP contribution >= 0.6 is 11.3 Å². The third kappa shape index (κ3) is 2.78. The van der Waals surface area contributed by atoms with Crippen molar-refractivity contribution in [3.8, 4) is 11.3 Å². The van der Waals surface area contributed by atoms with Gasteiger partial charge < -0.3 is 5.73 Å². The maximum absolute atomic E-state index is 13.3. The van der Waals surface area contributed by atoms with Crippen molar-refractivity contribution in [3.05, 3.63) is 81.2 Å². The maximum atomic E-state index is 13.3. The molecule has 0 unspecified atom stereocenters. The number of rotatable bonds is 2. The number of nitrogens with two attached hydrogens (primary N) is 1. The summed E-state index contributed by atoms with van der Waals surface area (Å²) in [5.41, 5.74) is 11.4. The van der Waals surface area contributed by atoms with E-state index in [0.29, 0.717) is 16.3 Å². The first-order chi connectivity index (χ1) is 14.0. The van der Waals surface area contributed by atoms with Crippen LogP contribution in [0.25, 0.3) is 27.9 Å². The van der Waals surface area contributed by atoms with E-state index in [4.69, 9.17) is 5.73 Å². The van der Waals surface area contributed by atoms with E-state index >= 15 is 0 Å². The Labute approximate surface area is 169 Å². The van der Waals surface area contributed by atoms with Gasteiger partial charge >= 0.3 is 0 Å². The number of aliphatic imine (C=N–C) groups is 1. The predicted molar refractivity (Wildman–Crippen MR) is 116 cm³/mol. The molecule has 3 heterocycles. The van der Waals surface area contributed by atoms with Gasteiger partial charge in [-0.3, -0.25) is 14.2 Å². The molecule has 0 saturated heterocycles. The lowest BCUT2D eigenvalue weighted by Gasteiger charge is -2.09. The van der Waals surface area contributed by atoms with E-state index < -0.39 is 0 Å². The van der Waals surface area contributed by atoms with E-state index in [-0.39, 0.29) is 11.4 Å². The van der Waals surface area contributed by atoms with Crippen LogP contribution in [-0.4, -0.2) is 15.1 Å². The van der Waals surface area contributed by atoms with Crippen molar-refractivity contribution in [2.75, 3.05) is 5.73 Å². The van der Waals surface area contributed by atoms with Crippen LogP contribution in [0.5, 0.6) is 0 Å². The van der Waals surface area contributed by atoms with Crippen LogP contribution in [0.1, 0.15) is 18.1 Å². The van der Waals surface area contributed by atoms with Crippen LogP contribution in [0.2, 0.25) is 0 Å². The van der Waals surface area contributed by atoms with E-state index in [1.165, 1.54) is 23.5 Å². The number of para-hydroxylation sites is 1. The van der Waals surface area contributed by atoms with Crippen molar-refractivity contribution in [2.45, 2.75) is 6.92 Å². The van der Waals surface area contributed by atoms with Crippen molar-refractivity contribution >= 4 is 45.2 Å². The molecule has 2 N–H and O–H groups in total. The summed E-state index contributed by atoms with van der Waals surface area (Å²) in [6, 6.07) is 13.9. The summed E-state index contributed by atoms with van der Waals surface area (Å²) in [5, 5.41) is 1.86. The summed E-state index contributed by atoms with van der Waals surface area (Å²) in [5.74, 6) is -0.0171. The Balaban J connectivity index is 1.74. The number of aromatic nitrogens is 2. The van der Waals surface area contributed by atoms with Crippen LogP contribution in [0, 0.1) is 5.82 Å². The molecule has 0 aliphatic carbocycles. The Morgan fingerprint density at radius 1 is 1.14 bits per heavy atom. The molecular weight excluding hydrogens is 387 g/mol. The Kier molecular flexibility index (Phi) is 3.92. The van der Waals surface area contributed by atoms with Crippen molar-refractivity contribution in [3.63, 3.8) is 0 Å². The number of halogens is 1. The average molecular weight is 402 g/mol. The smallest absolute Gasteiger partial charge is 0.283 e. The number of fused-ring (bicyclic) bond motifs is 2. The minimum Gasteiger partial charge on any atom is -0.384 e. The first-order valence-corrected chi connectivity index (χ1v) is 9.83. The fraction of sp³-hybridized carbons (Fsp3) is 0.0455. The van der Waals surface area contributed by atoms with Gasteiger partial charge in [0.25, 0.3) is 5.56 Å². The topological polar surface area (TPSA) is 72.8 Å². The summed E-state index contributed by atoms with van der Waals surface area (Å²) < 4.78 is 15.1. The van der Waals surface area contributed by atoms with Crippen molar-refractivity contribution in [1.29, 1.82) is 0 Å². The number of allylic oxidation sites excluding steroid dienone is 1. The van der Waals surface area contributed by atoms with Crippen LogP contribution in [-0.2, 0) is 0 Å². The standard InChI is InChI=1S/C22H15FN4OS/c1-12-16(15-4-2-3-5-18(15)25-12)10-17-20(24)27-19(11-29-22(27)26-21(17)28)13-6-8-14(23)9-7-13/h2-11H,24H2,1H3. The number of nitrogens with zero attached hydrogens (tertiary/aromatic N) is 3. The summed E-state index contributed by atoms with van der Waals surface area (Å²) in [4.78, 5) is 22.0. The van der Waals surface area contributed by atoms with Gasteiger partial charge in [-0.15, -0.1) is 11.3 Å². The van der Waals surface area contributed by atoms with Gasteiger partial charge in [-0.2, -0.15) is 4.98 Å². The van der Waals surface area contributed by atoms with Gasteiger partial charge in [-0.05, 0) is 48.9 Å². The number of hydrogen-bond donors (Lipinski definition) is 1. The first-order valence-electron chi connectivity index (χ1n) is 8.95. The molecule has 5 rings (SSSR count). The minimum absolute atomic E-state index is 0.297. The highest BCUT2D eigenvalue weighted by Crippen LogP contribution is 2.36. The fourth-order valence-corrected chi connectivity index (χ4v) is 4.41. The fourth-order valence-electron chi connectivity index (χ4n) is 3.52. The third-order valence-electron chi connectivity index (χ3n) is 4.95. The van der Waals surface area contributed by atoms with Gasteiger partial charge in [0.05, 0.1) is 16.9 Å². The van der Waals surface area contributed by atoms with Crippen LogP contribution < -0.4 is 11.3 Å². The molecule has 7 heteroatoms. The van der Waals surface area contributed by atoms with Gasteiger partial charge in [0, 0.05) is 22.2 Å². The Bertz CT molecular complexity index is 1400. The van der Waals surface area contributed by atoms with Gasteiger partial charge in [-0.25, -0.2) is 4.39 Å². The molecule has 0 atom stereocenters. The minimum atomic E-state index is -0.389. The predicted octanol–water partition coefficient (Wildman–Crippen LogP) is 4.79. The maximum Gasteiger partial charge on any atom is 0.283 e. The zero-order valence-electron chi connectivity index (χ0n) is 15.4. The molecule has 0 spiro atoms. The van der Waals surface area contributed by atoms with Crippen LogP contribution in [0.3, 0.4) is 0 Å². The molecule has 2 aromatic carbocycles. The number of benzene rings is 2. The van der Waals surface area contributed by atoms with Gasteiger partial charge in [0.2, 0.25) is 0 Å². The number of thiazole rings is 1. The molecule has 0 radical (unpaired) electrons. The monoisotopic (exact) mass is 402 g/mol. The largest absolute Gasteiger partial charge is 0.384 e. The molecule has 2 aromatic heterocycles. The molecule has 29 heavy (non-hydrogen) atoms. The van der Waals surface area contributed by atoms with E-state index in [1.54, 1.807) is 22.6 Å². The molecular formula is C22H15FN4OS. The van der Waals surface area contributed by atoms with E-state index in [9.17, 15) is 9.18 Å². The summed E-state index contributed by atoms with van der Waals surface area (Å²) in [6.45, 7) is 1.90. The van der Waals surface area contributed by atoms with Crippen molar-refractivity contribution in [2.24, 2.45) is 4.99 Å². The zero-order chi connectivity index (χ0) is 20.1. The lowest BCUT2D eigenvalue weighted by atomic mass is 10.0. The second-order valence-corrected chi connectivity index (χ2v) is 7.57. The molecule has 0 fully saturated rings. The molecule has 5 nitrogen and oxygen atoms in total. The zero-order valence-corrected chi connectivity index (χ0v) is 16.2. The van der Waals surface area contributed by atoms with Gasteiger partial charge in [-0.1, -0.05) is 18.2 Å². The Morgan fingerprint density at radius 3 is 2.69 bits per heavy atom. The van der Waals surface area contributed by atoms with Gasteiger partial charge in [0.15, 0.2) is 4.96 Å². The van der Waals surface area contributed by atoms with E-state index in [2.05, 4.69) is 9.98 Å². The third-order valence-corrected chi connectivity index (χ3v) is 5.78. The van der Waals surface area contributed by atoms with Crippen molar-refractivity contribution in [1.82, 2.24) is 9.38 Å². The number of hydrogen-bond acceptors (Lipinski definition) is 5.